The van der Waals surface area contributed by atoms with Crippen LogP contribution in [-0.4, -0.2) is 43.6 Å². The molecule has 0 bridgehead atoms. The summed E-state index contributed by atoms with van der Waals surface area (Å²) in [5.74, 6) is -0.210. The van der Waals surface area contributed by atoms with Gasteiger partial charge >= 0.3 is 0 Å². The van der Waals surface area contributed by atoms with E-state index in [2.05, 4.69) is 21.2 Å². The molecule has 0 atom stereocenters. The maximum Gasteiger partial charge on any atom is 0.225 e. The van der Waals surface area contributed by atoms with Crippen molar-refractivity contribution in [3.63, 3.8) is 0 Å². The summed E-state index contributed by atoms with van der Waals surface area (Å²) in [5, 5.41) is 3.28. The average Bonchev–Trinajstić information content (AvgIpc) is 2.49. The van der Waals surface area contributed by atoms with E-state index in [1.165, 1.54) is 6.07 Å². The van der Waals surface area contributed by atoms with Crippen LogP contribution < -0.4 is 10.1 Å². The van der Waals surface area contributed by atoms with Gasteiger partial charge in [-0.1, -0.05) is 15.9 Å². The highest BCUT2D eigenvalue weighted by molar-refractivity contribution is 9.10. The van der Waals surface area contributed by atoms with Crippen molar-refractivity contribution in [3.05, 3.63) is 28.5 Å². The van der Waals surface area contributed by atoms with Crippen molar-refractivity contribution in [1.29, 1.82) is 0 Å². The van der Waals surface area contributed by atoms with Crippen LogP contribution in [0.3, 0.4) is 0 Å². The monoisotopic (exact) mass is 394 g/mol. The Labute approximate surface area is 144 Å². The molecule has 0 aliphatic carbocycles. The van der Waals surface area contributed by atoms with E-state index in [0.29, 0.717) is 10.5 Å². The number of amides is 1. The quantitative estimate of drug-likeness (QED) is 0.833. The van der Waals surface area contributed by atoms with Gasteiger partial charge in [0.1, 0.15) is 0 Å². The van der Waals surface area contributed by atoms with E-state index < -0.39 is 5.82 Å². The molecular weight excluding hydrogens is 375 g/mol. The van der Waals surface area contributed by atoms with Gasteiger partial charge in [0.05, 0.1) is 13.0 Å². The first kappa shape index (κ1) is 19.2. The van der Waals surface area contributed by atoms with Gasteiger partial charge in [-0.2, -0.15) is 0 Å². The maximum atomic E-state index is 13.6. The number of halogens is 3. The Kier molecular flexibility index (Phi) is 8.14. The van der Waals surface area contributed by atoms with Crippen molar-refractivity contribution in [2.24, 2.45) is 0 Å². The number of carbonyl (C=O) groups excluding carboxylic acids is 1. The number of hydrogen-bond donors (Lipinski definition) is 1. The number of nitrogens with one attached hydrogen (secondary N) is 1. The van der Waals surface area contributed by atoms with Crippen molar-refractivity contribution in [3.8, 4) is 5.75 Å². The summed E-state index contributed by atoms with van der Waals surface area (Å²) >= 11 is 3.19. The Bertz CT molecular complexity index is 498. The number of hydrogen-bond acceptors (Lipinski definition) is 3. The molecule has 0 saturated carbocycles. The second-order valence-electron chi connectivity index (χ2n) is 5.16. The van der Waals surface area contributed by atoms with Crippen LogP contribution in [0.4, 0.5) is 4.39 Å². The van der Waals surface area contributed by atoms with Crippen molar-refractivity contribution in [2.45, 2.75) is 25.3 Å². The van der Waals surface area contributed by atoms with E-state index in [1.807, 2.05) is 7.05 Å². The molecule has 22 heavy (non-hydrogen) atoms. The third-order valence-corrected chi connectivity index (χ3v) is 4.21. The molecule has 0 unspecified atom stereocenters. The Balaban J connectivity index is 0.00000242. The fraction of sp³-hybridized carbons (Fsp3) is 0.533. The highest BCUT2D eigenvalue weighted by Gasteiger charge is 2.21. The number of benzene rings is 1. The van der Waals surface area contributed by atoms with Crippen molar-refractivity contribution in [1.82, 2.24) is 10.2 Å². The van der Waals surface area contributed by atoms with Gasteiger partial charge in [-0.15, -0.1) is 12.4 Å². The normalized spacial score (nSPS) is 15.0. The molecule has 1 saturated heterocycles. The standard InChI is InChI=1S/C15H20BrFN2O2.ClH/c1-19(12-4-7-18-8-5-12)15(20)6-9-21-14-3-2-11(16)10-13(14)17;/h2-3,10,12,18H,4-9H2,1H3;1H. The molecule has 1 aliphatic rings. The van der Waals surface area contributed by atoms with Crippen molar-refractivity contribution < 1.29 is 13.9 Å². The molecule has 1 aliphatic heterocycles. The molecule has 0 aromatic heterocycles. The van der Waals surface area contributed by atoms with Crippen LogP contribution >= 0.6 is 28.3 Å². The van der Waals surface area contributed by atoms with Crippen molar-refractivity contribution >= 4 is 34.2 Å². The van der Waals surface area contributed by atoms with Crippen LogP contribution in [0, 0.1) is 5.82 Å². The highest BCUT2D eigenvalue weighted by atomic mass is 79.9. The fourth-order valence-corrected chi connectivity index (χ4v) is 2.75. The first-order chi connectivity index (χ1) is 10.1. The molecule has 1 aromatic carbocycles. The summed E-state index contributed by atoms with van der Waals surface area (Å²) in [4.78, 5) is 13.9. The molecule has 0 radical (unpaired) electrons. The molecule has 0 spiro atoms. The fourth-order valence-electron chi connectivity index (χ4n) is 2.41. The number of nitrogens with zero attached hydrogens (tertiary/aromatic N) is 1. The Hall–Kier alpha value is -0.850. The van der Waals surface area contributed by atoms with E-state index in [1.54, 1.807) is 17.0 Å². The zero-order valence-corrected chi connectivity index (χ0v) is 14.9. The first-order valence-electron chi connectivity index (χ1n) is 7.12. The highest BCUT2D eigenvalue weighted by Crippen LogP contribution is 2.21. The van der Waals surface area contributed by atoms with Crippen LogP contribution in [0.5, 0.6) is 5.75 Å². The Morgan fingerprint density at radius 1 is 1.45 bits per heavy atom. The second kappa shape index (κ2) is 9.33. The molecule has 1 aromatic rings. The lowest BCUT2D eigenvalue weighted by atomic mass is 10.1. The minimum absolute atomic E-state index is 0. The van der Waals surface area contributed by atoms with Gasteiger partial charge < -0.3 is 15.0 Å². The molecule has 2 rings (SSSR count). The van der Waals surface area contributed by atoms with E-state index in [9.17, 15) is 9.18 Å². The lowest BCUT2D eigenvalue weighted by Gasteiger charge is -2.31. The SMILES string of the molecule is CN(C(=O)CCOc1ccc(Br)cc1F)C1CCNCC1.Cl. The topological polar surface area (TPSA) is 41.6 Å². The van der Waals surface area contributed by atoms with Crippen LogP contribution in [0.1, 0.15) is 19.3 Å². The van der Waals surface area contributed by atoms with E-state index >= 15 is 0 Å². The summed E-state index contributed by atoms with van der Waals surface area (Å²) in [6.45, 7) is 2.08. The zero-order valence-electron chi connectivity index (χ0n) is 12.5. The number of piperidine rings is 1. The predicted octanol–water partition coefficient (Wildman–Crippen LogP) is 2.99. The van der Waals surface area contributed by atoms with Gasteiger partial charge in [0.25, 0.3) is 0 Å². The van der Waals surface area contributed by atoms with E-state index in [4.69, 9.17) is 4.74 Å². The predicted molar refractivity (Wildman–Crippen MR) is 90.1 cm³/mol. The Morgan fingerprint density at radius 2 is 2.14 bits per heavy atom. The molecular formula is C15H21BrClFN2O2. The summed E-state index contributed by atoms with van der Waals surface area (Å²) in [7, 11) is 1.83. The van der Waals surface area contributed by atoms with Gasteiger partial charge in [0.15, 0.2) is 11.6 Å². The lowest BCUT2D eigenvalue weighted by Crippen LogP contribution is -2.44. The summed E-state index contributed by atoms with van der Waals surface area (Å²) in [5.41, 5.74) is 0. The largest absolute Gasteiger partial charge is 0.490 e. The maximum absolute atomic E-state index is 13.6. The first-order valence-corrected chi connectivity index (χ1v) is 7.91. The van der Waals surface area contributed by atoms with Gasteiger partial charge in [-0.3, -0.25) is 4.79 Å². The summed E-state index contributed by atoms with van der Waals surface area (Å²) in [6, 6.07) is 4.91. The van der Waals surface area contributed by atoms with Gasteiger partial charge in [-0.05, 0) is 44.1 Å². The number of carbonyl (C=O) groups is 1. The Morgan fingerprint density at radius 3 is 2.77 bits per heavy atom. The molecule has 124 valence electrons. The third-order valence-electron chi connectivity index (χ3n) is 3.72. The molecule has 1 heterocycles. The summed E-state index contributed by atoms with van der Waals surface area (Å²) < 4.78 is 19.6. The van der Waals surface area contributed by atoms with Crippen LogP contribution in [0.15, 0.2) is 22.7 Å². The minimum Gasteiger partial charge on any atom is -0.490 e. The van der Waals surface area contributed by atoms with E-state index in [0.717, 1.165) is 25.9 Å². The molecule has 1 fully saturated rings. The molecule has 4 nitrogen and oxygen atoms in total. The second-order valence-corrected chi connectivity index (χ2v) is 6.07. The van der Waals surface area contributed by atoms with Crippen LogP contribution in [-0.2, 0) is 4.79 Å². The molecule has 7 heteroatoms. The van der Waals surface area contributed by atoms with Gasteiger partial charge in [0.2, 0.25) is 5.91 Å². The molecule has 1 amide bonds. The smallest absolute Gasteiger partial charge is 0.225 e. The average molecular weight is 396 g/mol. The van der Waals surface area contributed by atoms with E-state index in [-0.39, 0.29) is 37.1 Å². The zero-order chi connectivity index (χ0) is 15.2. The number of rotatable bonds is 5. The minimum atomic E-state index is -0.427. The van der Waals surface area contributed by atoms with Crippen LogP contribution in [0.25, 0.3) is 0 Å². The van der Waals surface area contributed by atoms with Gasteiger partial charge in [-0.25, -0.2) is 4.39 Å². The summed E-state index contributed by atoms with van der Waals surface area (Å²) in [6.07, 6.45) is 2.21. The third kappa shape index (κ3) is 5.41. The number of ether oxygens (including phenoxy) is 1. The van der Waals surface area contributed by atoms with Gasteiger partial charge in [0, 0.05) is 17.6 Å². The molecule has 1 N–H and O–H groups in total. The lowest BCUT2D eigenvalue weighted by molar-refractivity contribution is -0.132. The van der Waals surface area contributed by atoms with Crippen LogP contribution in [0.2, 0.25) is 0 Å². The van der Waals surface area contributed by atoms with Crippen molar-refractivity contribution in [2.75, 3.05) is 26.7 Å².